The Balaban J connectivity index is 2.75. The molecule has 1 rings (SSSR count). The van der Waals surface area contributed by atoms with Crippen LogP contribution in [0.15, 0.2) is 30.3 Å². The monoisotopic (exact) mass is 197 g/mol. The Morgan fingerprint density at radius 1 is 1.43 bits per heavy atom. The van der Waals surface area contributed by atoms with E-state index in [0.717, 1.165) is 0 Å². The van der Waals surface area contributed by atoms with E-state index in [9.17, 15) is 9.18 Å². The molecular weight excluding hydrogens is 185 g/mol. The van der Waals surface area contributed by atoms with E-state index in [4.69, 9.17) is 5.73 Å². The second-order valence-corrected chi connectivity index (χ2v) is 2.86. The second kappa shape index (κ2) is 4.72. The molecule has 76 valence electrons. The van der Waals surface area contributed by atoms with Crippen molar-refractivity contribution >= 4 is 5.97 Å². The van der Waals surface area contributed by atoms with Gasteiger partial charge in [0.1, 0.15) is 6.04 Å². The van der Waals surface area contributed by atoms with Crippen molar-refractivity contribution in [3.63, 3.8) is 0 Å². The van der Waals surface area contributed by atoms with Crippen molar-refractivity contribution in [2.45, 2.75) is 12.2 Å². The fraction of sp³-hybridized carbons (Fsp3) is 0.300. The van der Waals surface area contributed by atoms with E-state index in [1.54, 1.807) is 30.3 Å². The Labute approximate surface area is 81.7 Å². The Bertz CT molecular complexity index is 302. The second-order valence-electron chi connectivity index (χ2n) is 2.86. The van der Waals surface area contributed by atoms with Crippen molar-refractivity contribution in [2.75, 3.05) is 7.11 Å². The van der Waals surface area contributed by atoms with Crippen LogP contribution >= 0.6 is 0 Å². The van der Waals surface area contributed by atoms with Crippen LogP contribution in [0.4, 0.5) is 4.39 Å². The molecule has 2 N–H and O–H groups in total. The van der Waals surface area contributed by atoms with Gasteiger partial charge in [-0.15, -0.1) is 0 Å². The number of rotatable bonds is 3. The highest BCUT2D eigenvalue weighted by Gasteiger charge is 2.26. The molecule has 0 saturated carbocycles. The highest BCUT2D eigenvalue weighted by Crippen LogP contribution is 2.20. The van der Waals surface area contributed by atoms with Gasteiger partial charge in [-0.25, -0.2) is 4.39 Å². The molecule has 2 unspecified atom stereocenters. The van der Waals surface area contributed by atoms with Crippen LogP contribution in [0, 0.1) is 0 Å². The molecule has 0 saturated heterocycles. The summed E-state index contributed by atoms with van der Waals surface area (Å²) < 4.78 is 17.9. The summed E-state index contributed by atoms with van der Waals surface area (Å²) in [6, 6.07) is 7.03. The predicted molar refractivity (Wildman–Crippen MR) is 50.3 cm³/mol. The van der Waals surface area contributed by atoms with Crippen LogP contribution in [0.3, 0.4) is 0 Å². The lowest BCUT2D eigenvalue weighted by atomic mass is 10.0. The molecule has 0 fully saturated rings. The zero-order valence-corrected chi connectivity index (χ0v) is 7.81. The van der Waals surface area contributed by atoms with E-state index in [1.165, 1.54) is 7.11 Å². The molecule has 3 nitrogen and oxygen atoms in total. The Morgan fingerprint density at radius 3 is 2.50 bits per heavy atom. The van der Waals surface area contributed by atoms with E-state index in [1.807, 2.05) is 0 Å². The first-order valence-electron chi connectivity index (χ1n) is 4.19. The lowest BCUT2D eigenvalue weighted by molar-refractivity contribution is -0.143. The molecule has 0 amide bonds. The molecule has 0 aliphatic rings. The summed E-state index contributed by atoms with van der Waals surface area (Å²) in [5.74, 6) is -0.749. The van der Waals surface area contributed by atoms with E-state index in [2.05, 4.69) is 4.74 Å². The molecule has 0 bridgehead atoms. The summed E-state index contributed by atoms with van der Waals surface area (Å²) in [7, 11) is 1.18. The molecular formula is C10H12FNO2. The summed E-state index contributed by atoms with van der Waals surface area (Å²) in [5.41, 5.74) is 5.73. The number of esters is 1. The van der Waals surface area contributed by atoms with Gasteiger partial charge in [0.15, 0.2) is 6.17 Å². The number of hydrogen-bond donors (Lipinski definition) is 1. The molecule has 0 aliphatic heterocycles. The number of ether oxygens (including phenoxy) is 1. The molecule has 0 aliphatic carbocycles. The summed E-state index contributed by atoms with van der Waals surface area (Å²) >= 11 is 0. The summed E-state index contributed by atoms with van der Waals surface area (Å²) in [6.07, 6.45) is -1.52. The Morgan fingerprint density at radius 2 is 2.00 bits per heavy atom. The van der Waals surface area contributed by atoms with Crippen LogP contribution in [0.5, 0.6) is 0 Å². The van der Waals surface area contributed by atoms with Crippen LogP contribution in [-0.2, 0) is 9.53 Å². The maximum Gasteiger partial charge on any atom is 0.326 e. The third-order valence-corrected chi connectivity index (χ3v) is 1.91. The van der Waals surface area contributed by atoms with E-state index >= 15 is 0 Å². The van der Waals surface area contributed by atoms with Gasteiger partial charge in [-0.3, -0.25) is 4.79 Å². The first-order valence-corrected chi connectivity index (χ1v) is 4.19. The molecule has 0 aromatic heterocycles. The maximum atomic E-state index is 13.5. The van der Waals surface area contributed by atoms with Crippen LogP contribution in [0.25, 0.3) is 0 Å². The average molecular weight is 197 g/mol. The quantitative estimate of drug-likeness (QED) is 0.741. The van der Waals surface area contributed by atoms with E-state index < -0.39 is 18.2 Å². The van der Waals surface area contributed by atoms with Crippen LogP contribution < -0.4 is 5.73 Å². The summed E-state index contributed by atoms with van der Waals surface area (Å²) in [6.45, 7) is 0. The molecule has 0 radical (unpaired) electrons. The van der Waals surface area contributed by atoms with Crippen molar-refractivity contribution in [3.05, 3.63) is 35.9 Å². The molecule has 2 atom stereocenters. The minimum Gasteiger partial charge on any atom is -0.468 e. The molecule has 0 heterocycles. The smallest absolute Gasteiger partial charge is 0.326 e. The van der Waals surface area contributed by atoms with Gasteiger partial charge >= 0.3 is 5.97 Å². The third kappa shape index (κ3) is 2.29. The number of halogens is 1. The standard InChI is InChI=1S/C10H12FNO2/c1-14-10(13)9(12)8(11)7-5-3-2-4-6-7/h2-6,8-9H,12H2,1H3. The molecule has 4 heteroatoms. The number of carbonyl (C=O) groups is 1. The minimum absolute atomic E-state index is 0.380. The van der Waals surface area contributed by atoms with Gasteiger partial charge in [0.05, 0.1) is 7.11 Å². The highest BCUT2D eigenvalue weighted by molar-refractivity contribution is 5.76. The zero-order valence-electron chi connectivity index (χ0n) is 7.81. The van der Waals surface area contributed by atoms with Crippen molar-refractivity contribution < 1.29 is 13.9 Å². The Hall–Kier alpha value is -1.42. The fourth-order valence-corrected chi connectivity index (χ4v) is 1.10. The average Bonchev–Trinajstić information content (AvgIpc) is 2.27. The number of alkyl halides is 1. The van der Waals surface area contributed by atoms with Gasteiger partial charge in [-0.2, -0.15) is 0 Å². The molecule has 14 heavy (non-hydrogen) atoms. The van der Waals surface area contributed by atoms with Gasteiger partial charge in [0, 0.05) is 0 Å². The van der Waals surface area contributed by atoms with Crippen LogP contribution in [0.1, 0.15) is 11.7 Å². The van der Waals surface area contributed by atoms with Gasteiger partial charge in [0.25, 0.3) is 0 Å². The largest absolute Gasteiger partial charge is 0.468 e. The number of carbonyl (C=O) groups excluding carboxylic acids is 1. The molecule has 1 aromatic rings. The van der Waals surface area contributed by atoms with Gasteiger partial charge in [-0.1, -0.05) is 30.3 Å². The van der Waals surface area contributed by atoms with Gasteiger partial charge in [0.2, 0.25) is 0 Å². The highest BCUT2D eigenvalue weighted by atomic mass is 19.1. The van der Waals surface area contributed by atoms with Crippen molar-refractivity contribution in [3.8, 4) is 0 Å². The number of benzene rings is 1. The van der Waals surface area contributed by atoms with Crippen LogP contribution in [-0.4, -0.2) is 19.1 Å². The zero-order chi connectivity index (χ0) is 10.6. The van der Waals surface area contributed by atoms with Gasteiger partial charge < -0.3 is 10.5 Å². The molecule has 1 aromatic carbocycles. The number of hydrogen-bond acceptors (Lipinski definition) is 3. The summed E-state index contributed by atoms with van der Waals surface area (Å²) in [4.78, 5) is 10.9. The lowest BCUT2D eigenvalue weighted by Crippen LogP contribution is -2.35. The fourth-order valence-electron chi connectivity index (χ4n) is 1.10. The first-order chi connectivity index (χ1) is 6.66. The van der Waals surface area contributed by atoms with Crippen molar-refractivity contribution in [1.82, 2.24) is 0 Å². The molecule has 0 spiro atoms. The van der Waals surface area contributed by atoms with E-state index in [-0.39, 0.29) is 0 Å². The van der Waals surface area contributed by atoms with Gasteiger partial charge in [-0.05, 0) is 5.56 Å². The topological polar surface area (TPSA) is 52.3 Å². The summed E-state index contributed by atoms with van der Waals surface area (Å²) in [5, 5.41) is 0. The van der Waals surface area contributed by atoms with Crippen molar-refractivity contribution in [1.29, 1.82) is 0 Å². The normalized spacial score (nSPS) is 14.5. The Kier molecular flexibility index (Phi) is 3.59. The minimum atomic E-state index is -1.52. The third-order valence-electron chi connectivity index (χ3n) is 1.91. The predicted octanol–water partition coefficient (Wildman–Crippen LogP) is 1.20. The lowest BCUT2D eigenvalue weighted by Gasteiger charge is -2.14. The van der Waals surface area contributed by atoms with Crippen molar-refractivity contribution in [2.24, 2.45) is 5.73 Å². The SMILES string of the molecule is COC(=O)C(N)C(F)c1ccccc1. The van der Waals surface area contributed by atoms with E-state index in [0.29, 0.717) is 5.56 Å². The van der Waals surface area contributed by atoms with Crippen LogP contribution in [0.2, 0.25) is 0 Å². The maximum absolute atomic E-state index is 13.5. The first kappa shape index (κ1) is 10.7. The number of nitrogens with two attached hydrogens (primary N) is 1. The number of methoxy groups -OCH3 is 1.